The van der Waals surface area contributed by atoms with Crippen LogP contribution in [-0.4, -0.2) is 0 Å². The zero-order valence-corrected chi connectivity index (χ0v) is 15.2. The van der Waals surface area contributed by atoms with E-state index in [1.807, 2.05) is 0 Å². The predicted octanol–water partition coefficient (Wildman–Crippen LogP) is 5.80. The van der Waals surface area contributed by atoms with Gasteiger partial charge in [-0.2, -0.15) is 0 Å². The summed E-state index contributed by atoms with van der Waals surface area (Å²) in [5, 5.41) is 6.81. The average Bonchev–Trinajstić information content (AvgIpc) is 2.64. The number of rotatable bonds is 3. The maximum absolute atomic E-state index is 4.76. The Hall–Kier alpha value is -1.82. The Balaban J connectivity index is 1.98. The molecule has 1 unspecified atom stereocenters. The Labute approximate surface area is 150 Å². The molecule has 0 saturated heterocycles. The van der Waals surface area contributed by atoms with Crippen molar-refractivity contribution in [3.63, 3.8) is 0 Å². The van der Waals surface area contributed by atoms with Crippen LogP contribution in [0.3, 0.4) is 0 Å². The van der Waals surface area contributed by atoms with Gasteiger partial charge in [0.1, 0.15) is 0 Å². The highest BCUT2D eigenvalue weighted by Gasteiger charge is 2.20. The Morgan fingerprint density at radius 2 is 1.58 bits per heavy atom. The van der Waals surface area contributed by atoms with E-state index in [4.69, 9.17) is 12.6 Å². The van der Waals surface area contributed by atoms with Crippen LogP contribution < -0.4 is 10.6 Å². The molecule has 0 heterocycles. The summed E-state index contributed by atoms with van der Waals surface area (Å²) in [6.07, 6.45) is 9.33. The van der Waals surface area contributed by atoms with Crippen LogP contribution >= 0.6 is 20.6 Å². The normalized spacial score (nSPS) is 15.3. The standard InChI is InChI=1S/C22H19PS/c24-21-16-8-10-17-9-7-15-20(22(17)21)23(18-11-3-1-4-12-18)19-13-5-2-6-14-19/h1,3-5,7-16,24H,2,6H2. The van der Waals surface area contributed by atoms with Crippen LogP contribution in [0, 0.1) is 0 Å². The first-order valence-electron chi connectivity index (χ1n) is 8.27. The van der Waals surface area contributed by atoms with Gasteiger partial charge in [0, 0.05) is 10.3 Å². The fourth-order valence-electron chi connectivity index (χ4n) is 3.26. The van der Waals surface area contributed by atoms with Crippen molar-refractivity contribution in [2.45, 2.75) is 17.7 Å². The van der Waals surface area contributed by atoms with Crippen molar-refractivity contribution in [3.8, 4) is 0 Å². The fourth-order valence-corrected chi connectivity index (χ4v) is 6.28. The van der Waals surface area contributed by atoms with Crippen LogP contribution in [0.1, 0.15) is 12.8 Å². The first kappa shape index (κ1) is 15.7. The van der Waals surface area contributed by atoms with Crippen molar-refractivity contribution >= 4 is 41.9 Å². The van der Waals surface area contributed by atoms with Gasteiger partial charge in [-0.05, 0) is 48.1 Å². The monoisotopic (exact) mass is 346 g/mol. The Bertz CT molecular complexity index is 920. The molecule has 0 bridgehead atoms. The van der Waals surface area contributed by atoms with Crippen LogP contribution in [0.2, 0.25) is 0 Å². The highest BCUT2D eigenvalue weighted by Crippen LogP contribution is 2.47. The molecule has 0 nitrogen and oxygen atoms in total. The van der Waals surface area contributed by atoms with E-state index in [0.29, 0.717) is 0 Å². The van der Waals surface area contributed by atoms with Crippen LogP contribution in [0.15, 0.2) is 95.2 Å². The second-order valence-corrected chi connectivity index (χ2v) is 8.60. The summed E-state index contributed by atoms with van der Waals surface area (Å²) in [7, 11) is -0.560. The molecular weight excluding hydrogens is 327 g/mol. The zero-order valence-electron chi connectivity index (χ0n) is 13.4. The number of hydrogen-bond acceptors (Lipinski definition) is 1. The summed E-state index contributed by atoms with van der Waals surface area (Å²) in [4.78, 5) is 1.06. The van der Waals surface area contributed by atoms with Gasteiger partial charge in [-0.1, -0.05) is 78.9 Å². The predicted molar refractivity (Wildman–Crippen MR) is 110 cm³/mol. The summed E-state index contributed by atoms with van der Waals surface area (Å²) in [5.41, 5.74) is 0. The molecule has 0 spiro atoms. The molecule has 24 heavy (non-hydrogen) atoms. The second kappa shape index (κ2) is 6.97. The molecule has 0 N–H and O–H groups in total. The van der Waals surface area contributed by atoms with Crippen molar-refractivity contribution in [2.24, 2.45) is 0 Å². The molecule has 2 heteroatoms. The van der Waals surface area contributed by atoms with Gasteiger partial charge < -0.3 is 0 Å². The highest BCUT2D eigenvalue weighted by atomic mass is 32.1. The van der Waals surface area contributed by atoms with Gasteiger partial charge in [-0.3, -0.25) is 0 Å². The maximum Gasteiger partial charge on any atom is 0.0125 e. The number of hydrogen-bond donors (Lipinski definition) is 1. The van der Waals surface area contributed by atoms with Gasteiger partial charge >= 0.3 is 0 Å². The lowest BCUT2D eigenvalue weighted by Gasteiger charge is -2.24. The van der Waals surface area contributed by atoms with E-state index in [1.54, 1.807) is 0 Å². The molecule has 0 radical (unpaired) electrons. The minimum Gasteiger partial charge on any atom is -0.143 e. The molecule has 1 aliphatic rings. The quantitative estimate of drug-likeness (QED) is 0.450. The number of fused-ring (bicyclic) bond motifs is 1. The van der Waals surface area contributed by atoms with Gasteiger partial charge in [-0.15, -0.1) is 12.6 Å². The molecule has 0 saturated carbocycles. The van der Waals surface area contributed by atoms with E-state index in [-0.39, 0.29) is 0 Å². The lowest BCUT2D eigenvalue weighted by molar-refractivity contribution is 1.03. The van der Waals surface area contributed by atoms with Crippen LogP contribution in [-0.2, 0) is 0 Å². The molecule has 0 aromatic heterocycles. The lowest BCUT2D eigenvalue weighted by Crippen LogP contribution is -2.14. The van der Waals surface area contributed by atoms with Gasteiger partial charge in [0.15, 0.2) is 0 Å². The van der Waals surface area contributed by atoms with Crippen LogP contribution in [0.25, 0.3) is 10.8 Å². The third-order valence-electron chi connectivity index (χ3n) is 4.35. The van der Waals surface area contributed by atoms with Gasteiger partial charge in [0.05, 0.1) is 0 Å². The minimum atomic E-state index is -0.560. The van der Waals surface area contributed by atoms with Gasteiger partial charge in [0.25, 0.3) is 0 Å². The SMILES string of the molecule is Sc1cccc2cccc(P(C3=CCCC=C3)c3ccccc3)c12. The summed E-state index contributed by atoms with van der Waals surface area (Å²) < 4.78 is 0. The van der Waals surface area contributed by atoms with E-state index in [1.165, 1.54) is 26.7 Å². The minimum absolute atomic E-state index is 0.560. The molecule has 118 valence electrons. The molecule has 4 rings (SSSR count). The highest BCUT2D eigenvalue weighted by molar-refractivity contribution is 7.81. The Kier molecular flexibility index (Phi) is 4.56. The first-order chi connectivity index (χ1) is 11.8. The molecule has 1 aliphatic carbocycles. The fraction of sp³-hybridized carbons (Fsp3) is 0.0909. The average molecular weight is 346 g/mol. The van der Waals surface area contributed by atoms with E-state index in [0.717, 1.165) is 17.7 Å². The summed E-state index contributed by atoms with van der Waals surface area (Å²) in [5.74, 6) is 0. The lowest BCUT2D eigenvalue weighted by atomic mass is 10.1. The molecule has 3 aromatic carbocycles. The van der Waals surface area contributed by atoms with Gasteiger partial charge in [-0.25, -0.2) is 0 Å². The third kappa shape index (κ3) is 2.95. The molecule has 0 fully saturated rings. The van der Waals surface area contributed by atoms with Crippen LogP contribution in [0.5, 0.6) is 0 Å². The smallest absolute Gasteiger partial charge is 0.0125 e. The Morgan fingerprint density at radius 1 is 0.792 bits per heavy atom. The van der Waals surface area contributed by atoms with Crippen LogP contribution in [0.4, 0.5) is 0 Å². The molecule has 3 aromatic rings. The van der Waals surface area contributed by atoms with Crippen molar-refractivity contribution in [1.29, 1.82) is 0 Å². The largest absolute Gasteiger partial charge is 0.143 e. The van der Waals surface area contributed by atoms with E-state index >= 15 is 0 Å². The van der Waals surface area contributed by atoms with E-state index in [2.05, 4.69) is 85.0 Å². The van der Waals surface area contributed by atoms with Crippen molar-refractivity contribution in [2.75, 3.05) is 0 Å². The number of thiol groups is 1. The molecule has 0 aliphatic heterocycles. The summed E-state index contributed by atoms with van der Waals surface area (Å²) >= 11 is 4.76. The van der Waals surface area contributed by atoms with E-state index < -0.39 is 7.92 Å². The number of allylic oxidation sites excluding steroid dienone is 4. The molecule has 0 amide bonds. The summed E-state index contributed by atoms with van der Waals surface area (Å²) in [6.45, 7) is 0. The number of benzene rings is 3. The first-order valence-corrected chi connectivity index (χ1v) is 10.1. The second-order valence-electron chi connectivity index (χ2n) is 5.93. The topological polar surface area (TPSA) is 0 Å². The van der Waals surface area contributed by atoms with Gasteiger partial charge in [0.2, 0.25) is 0 Å². The van der Waals surface area contributed by atoms with Crippen molar-refractivity contribution in [3.05, 3.63) is 90.3 Å². The van der Waals surface area contributed by atoms with E-state index in [9.17, 15) is 0 Å². The van der Waals surface area contributed by atoms with Crippen molar-refractivity contribution < 1.29 is 0 Å². The zero-order chi connectivity index (χ0) is 16.4. The Morgan fingerprint density at radius 3 is 2.33 bits per heavy atom. The molecular formula is C22H19PS. The van der Waals surface area contributed by atoms with Crippen molar-refractivity contribution in [1.82, 2.24) is 0 Å². The summed E-state index contributed by atoms with van der Waals surface area (Å²) in [6, 6.07) is 23.9. The molecule has 1 atom stereocenters. The maximum atomic E-state index is 4.76. The third-order valence-corrected chi connectivity index (χ3v) is 7.24.